The number of nitrogens with zero attached hydrogens (tertiary/aromatic N) is 2. The van der Waals surface area contributed by atoms with E-state index < -0.39 is 58.9 Å². The van der Waals surface area contributed by atoms with E-state index in [4.69, 9.17) is 24.4 Å². The topological polar surface area (TPSA) is 205 Å². The largest absolute Gasteiger partial charge is 0.367 e. The monoisotopic (exact) mass is 1400 g/mol. The van der Waals surface area contributed by atoms with E-state index >= 15 is 0 Å². The maximum absolute atomic E-state index is 14.6. The minimum absolute atomic E-state index is 0. The summed E-state index contributed by atoms with van der Waals surface area (Å²) >= 11 is 14.6. The Labute approximate surface area is 576 Å². The number of nitrogens with one attached hydrogen (secondary N) is 8. The van der Waals surface area contributed by atoms with Crippen LogP contribution in [0.2, 0.25) is 0 Å². The number of amides is 6. The maximum atomic E-state index is 14.6. The molecule has 1 saturated carbocycles. The van der Waals surface area contributed by atoms with Gasteiger partial charge in [0, 0.05) is 12.1 Å². The number of carbonyl (C=O) groups excluding carboxylic acids is 6. The van der Waals surface area contributed by atoms with Crippen molar-refractivity contribution in [2.24, 2.45) is 10.8 Å². The first kappa shape index (κ1) is 87.6. The van der Waals surface area contributed by atoms with Gasteiger partial charge in [0.1, 0.15) is 36.3 Å². The molecule has 0 radical (unpaired) electrons. The third-order valence-corrected chi connectivity index (χ3v) is 18.6. The summed E-state index contributed by atoms with van der Waals surface area (Å²) in [6, 6.07) is 12.6. The van der Waals surface area contributed by atoms with Crippen molar-refractivity contribution in [1.29, 1.82) is 0 Å². The minimum Gasteiger partial charge on any atom is -0.367 e. The van der Waals surface area contributed by atoms with Crippen LogP contribution in [-0.2, 0) is 28.8 Å². The average molecular weight is 1400 g/mol. The van der Waals surface area contributed by atoms with Crippen LogP contribution in [0.5, 0.6) is 0 Å². The fraction of sp³-hybridized carbons (Fsp3) is 0.615. The predicted octanol–water partition coefficient (Wildman–Crippen LogP) is 5.34. The molecule has 0 spiro atoms. The molecule has 472 valence electrons. The van der Waals surface area contributed by atoms with Crippen molar-refractivity contribution in [3.05, 3.63) is 71.8 Å². The van der Waals surface area contributed by atoms with Gasteiger partial charge in [0.05, 0.1) is 32.8 Å². The van der Waals surface area contributed by atoms with Crippen LogP contribution >= 0.6 is 183 Å². The molecular weight excluding hydrogens is 1310 g/mol. The summed E-state index contributed by atoms with van der Waals surface area (Å²) in [5.74, 6) is -0.413. The molecule has 30 heteroatoms. The van der Waals surface area contributed by atoms with E-state index in [1.54, 1.807) is 33.3 Å². The lowest BCUT2D eigenvalue weighted by molar-refractivity contribution is -0.143. The fourth-order valence-electron chi connectivity index (χ4n) is 10.8. The number of fused-ring (bicyclic) bond motifs is 2. The van der Waals surface area contributed by atoms with E-state index in [0.717, 1.165) is 11.5 Å². The third kappa shape index (κ3) is 21.2. The van der Waals surface area contributed by atoms with Gasteiger partial charge in [-0.3, -0.25) is 28.8 Å². The van der Waals surface area contributed by atoms with E-state index in [1.165, 1.54) is 0 Å². The molecule has 5 aliphatic rings. The van der Waals surface area contributed by atoms with Crippen LogP contribution in [-0.4, -0.2) is 140 Å². The molecule has 4 saturated heterocycles. The Morgan fingerprint density at radius 1 is 0.512 bits per heavy atom. The molecule has 10 atom stereocenters. The molecule has 0 bridgehead atoms. The molecule has 1 aliphatic carbocycles. The van der Waals surface area contributed by atoms with Crippen molar-refractivity contribution >= 4 is 228 Å². The van der Waals surface area contributed by atoms with E-state index in [-0.39, 0.29) is 194 Å². The van der Waals surface area contributed by atoms with Crippen LogP contribution in [0.25, 0.3) is 0 Å². The van der Waals surface area contributed by atoms with Crippen LogP contribution in [0.4, 0.5) is 0 Å². The van der Waals surface area contributed by atoms with Gasteiger partial charge in [-0.2, -0.15) is 135 Å². The zero-order valence-corrected chi connectivity index (χ0v) is 61.0. The van der Waals surface area contributed by atoms with Gasteiger partial charge in [0.25, 0.3) is 0 Å². The van der Waals surface area contributed by atoms with Gasteiger partial charge in [0.2, 0.25) is 35.4 Å². The molecule has 16 nitrogen and oxygen atoms in total. The first-order valence-electron chi connectivity index (χ1n) is 25.4. The zero-order valence-electron chi connectivity index (χ0n) is 47.7. The molecule has 0 aromatic heterocycles. The summed E-state index contributed by atoms with van der Waals surface area (Å²) in [7, 11) is 3.62. The first-order valence-corrected chi connectivity index (χ1v) is 28.3. The number of hydrogen-bond acceptors (Lipinski definition) is 12. The van der Waals surface area contributed by atoms with Gasteiger partial charge < -0.3 is 52.3 Å². The van der Waals surface area contributed by atoms with Gasteiger partial charge >= 0.3 is 0 Å². The van der Waals surface area contributed by atoms with E-state index in [1.807, 2.05) is 116 Å². The number of thioether (sulfide) groups is 2. The number of hydrogen-bond donors (Lipinski definition) is 8. The lowest BCUT2D eigenvalue weighted by Gasteiger charge is -2.36. The highest BCUT2D eigenvalue weighted by Gasteiger charge is 2.56. The van der Waals surface area contributed by atoms with Crippen LogP contribution in [0.3, 0.4) is 0 Å². The van der Waals surface area contributed by atoms with Gasteiger partial charge in [-0.25, -0.2) is 0 Å². The summed E-state index contributed by atoms with van der Waals surface area (Å²) in [6.45, 7) is 11.9. The van der Waals surface area contributed by atoms with Crippen molar-refractivity contribution < 1.29 is 28.8 Å². The Bertz CT molecular complexity index is 2190. The summed E-state index contributed by atoms with van der Waals surface area (Å²) in [5, 5.41) is 24.9. The number of thiocarbonyl (C=S) groups is 2. The SMILES string of the molecule is CN[C@@H](C)C(=S)N[C@H]1CCS[C@H]2CC(C)(C)[C@@H](C(=O)N[C@H](C(=O)NC3CCC(NC(=O)[C@@H](NC(=O)[C@H]4N5C(=O)[C@@H](NC(=S)[C@H](C)NC)CCS[C@H]5CC4(C)C)c4ccccc4)CC3)c3ccccc3)N2C1=O.S.S.S.S.S.S.S.S.S.S. The van der Waals surface area contributed by atoms with Crippen molar-refractivity contribution in [3.8, 4) is 0 Å². The molecule has 82 heavy (non-hydrogen) atoms. The molecule has 4 heterocycles. The minimum atomic E-state index is -1.03. The molecule has 2 aromatic rings. The van der Waals surface area contributed by atoms with Crippen LogP contribution in [0, 0.1) is 10.8 Å². The van der Waals surface area contributed by atoms with Crippen LogP contribution in [0.1, 0.15) is 116 Å². The quantitative estimate of drug-likeness (QED) is 0.100. The molecule has 7 rings (SSSR count). The predicted molar refractivity (Wildman–Crippen MR) is 397 cm³/mol. The Morgan fingerprint density at radius 3 is 1.11 bits per heavy atom. The zero-order chi connectivity index (χ0) is 52.1. The second-order valence-electron chi connectivity index (χ2n) is 21.3. The Morgan fingerprint density at radius 2 is 0.817 bits per heavy atom. The molecule has 8 N–H and O–H groups in total. The maximum Gasteiger partial charge on any atom is 0.247 e. The van der Waals surface area contributed by atoms with Gasteiger partial charge in [0.15, 0.2) is 0 Å². The number of likely N-dealkylation sites (N-methyl/N-ethyl adjacent to an activating group) is 2. The standard InChI is InChI=1S/C52H74N10O6S4.10H2S/c1-29(53-7)47(69)57-35-23-25-71-37-27-51(3,4)41(61(37)49(35)67)45(65)59-39(31-15-11-9-12-16-31)43(63)55-33-19-21-34(22-20-33)56-44(64)40(32-17-13-10-14-18-32)60-46(66)42-52(5,6)28-38-62(42)50(68)36(24-26-72-38)58-48(70)30(2)54-8;;;;;;;;;;/h9-18,29-30,33-42,53-54H,19-28H2,1-8H3,(H,55,63)(H,56,64)(H,57,69)(H,58,70)(H,59,65)(H,60,66);10*1H2/t29-,30-,33?,34?,35-,36-,37-,38-,39-,40-,41+,42+;;;;;;;;;;/m0........../s1. The van der Waals surface area contributed by atoms with E-state index in [9.17, 15) is 28.8 Å². The van der Waals surface area contributed by atoms with Crippen molar-refractivity contribution in [1.82, 2.24) is 52.3 Å². The summed E-state index contributed by atoms with van der Waals surface area (Å²) < 4.78 is 0. The number of benzene rings is 2. The highest BCUT2D eigenvalue weighted by Crippen LogP contribution is 2.48. The molecule has 6 amide bonds. The van der Waals surface area contributed by atoms with Gasteiger partial charge in [-0.1, -0.05) is 113 Å². The molecule has 5 fully saturated rings. The highest BCUT2D eigenvalue weighted by atomic mass is 32.2. The fourth-order valence-corrected chi connectivity index (χ4v) is 14.5. The number of carbonyl (C=O) groups is 6. The second kappa shape index (κ2) is 39.2. The molecule has 0 unspecified atom stereocenters. The first-order chi connectivity index (χ1) is 34.2. The Balaban J connectivity index is -0.00000304. The van der Waals surface area contributed by atoms with Crippen molar-refractivity contribution in [2.75, 3.05) is 25.6 Å². The molecule has 4 aliphatic heterocycles. The summed E-state index contributed by atoms with van der Waals surface area (Å²) in [6.07, 6.45) is 4.63. The Kier molecular flexibility index (Phi) is 41.9. The Hall–Kier alpha value is -0.840. The average Bonchev–Trinajstić information content (AvgIpc) is 3.68. The third-order valence-electron chi connectivity index (χ3n) is 15.2. The van der Waals surface area contributed by atoms with Gasteiger partial charge in [-0.15, -0.1) is 23.5 Å². The normalized spacial score (nSPS) is 24.9. The molecular formula is C52H94N10O6S14. The van der Waals surface area contributed by atoms with E-state index in [2.05, 4.69) is 42.5 Å². The van der Waals surface area contributed by atoms with Crippen molar-refractivity contribution in [3.63, 3.8) is 0 Å². The van der Waals surface area contributed by atoms with Crippen LogP contribution < -0.4 is 42.5 Å². The summed E-state index contributed by atoms with van der Waals surface area (Å²) in [4.78, 5) is 91.2. The highest BCUT2D eigenvalue weighted by molar-refractivity contribution is 8.00. The second-order valence-corrected chi connectivity index (χ2v) is 24.8. The molecule has 2 aromatic carbocycles. The lowest BCUT2D eigenvalue weighted by Crippen LogP contribution is -2.59. The van der Waals surface area contributed by atoms with Gasteiger partial charge in [-0.05, 0) is 113 Å². The van der Waals surface area contributed by atoms with E-state index in [0.29, 0.717) is 72.5 Å². The number of rotatable bonds is 16. The smallest absolute Gasteiger partial charge is 0.247 e. The summed E-state index contributed by atoms with van der Waals surface area (Å²) in [5.41, 5.74) is 0.0683. The lowest BCUT2D eigenvalue weighted by atomic mass is 9.83. The van der Waals surface area contributed by atoms with Crippen LogP contribution in [0.15, 0.2) is 60.7 Å². The van der Waals surface area contributed by atoms with Crippen molar-refractivity contribution in [2.45, 2.75) is 164 Å².